The Balaban J connectivity index is 1.90. The molecule has 0 saturated heterocycles. The maximum atomic E-state index is 4.32. The van der Waals surface area contributed by atoms with Gasteiger partial charge in [-0.15, -0.1) is 0 Å². The van der Waals surface area contributed by atoms with E-state index in [9.17, 15) is 0 Å². The molecule has 1 atom stereocenters. The maximum absolute atomic E-state index is 4.32. The second-order valence-corrected chi connectivity index (χ2v) is 6.54. The molecule has 0 spiro atoms. The van der Waals surface area contributed by atoms with Crippen molar-refractivity contribution in [2.75, 3.05) is 0 Å². The van der Waals surface area contributed by atoms with Crippen molar-refractivity contribution >= 4 is 0 Å². The summed E-state index contributed by atoms with van der Waals surface area (Å²) in [5.74, 6) is 0. The summed E-state index contributed by atoms with van der Waals surface area (Å²) in [6.45, 7) is 12.5. The molecule has 2 N–H and O–H groups in total. The van der Waals surface area contributed by atoms with Crippen LogP contribution in [0, 0.1) is 6.92 Å². The van der Waals surface area contributed by atoms with Crippen LogP contribution < -0.4 is 5.32 Å². The van der Waals surface area contributed by atoms with E-state index in [1.807, 2.05) is 17.1 Å². The zero-order valence-corrected chi connectivity index (χ0v) is 13.1. The summed E-state index contributed by atoms with van der Waals surface area (Å²) in [6, 6.07) is 0.358. The van der Waals surface area contributed by atoms with Gasteiger partial charge in [-0.05, 0) is 19.4 Å². The minimum Gasteiger partial charge on any atom is -0.308 e. The smallest absolute Gasteiger partial charge is 0.0560 e. The third-order valence-electron chi connectivity index (χ3n) is 3.33. The molecule has 110 valence electrons. The first-order valence-corrected chi connectivity index (χ1v) is 7.11. The van der Waals surface area contributed by atoms with Crippen LogP contribution in [0.25, 0.3) is 0 Å². The summed E-state index contributed by atoms with van der Waals surface area (Å²) in [4.78, 5) is 0. The molecular formula is C15H25N5. The Morgan fingerprint density at radius 2 is 2.10 bits per heavy atom. The molecular weight excluding hydrogens is 250 g/mol. The van der Waals surface area contributed by atoms with Crippen LogP contribution in [-0.2, 0) is 18.5 Å². The average Bonchev–Trinajstić information content (AvgIpc) is 2.94. The van der Waals surface area contributed by atoms with Gasteiger partial charge in [-0.2, -0.15) is 10.2 Å². The van der Waals surface area contributed by atoms with Crippen LogP contribution in [0.15, 0.2) is 18.6 Å². The fourth-order valence-corrected chi connectivity index (χ4v) is 2.29. The van der Waals surface area contributed by atoms with Crippen molar-refractivity contribution in [1.82, 2.24) is 25.3 Å². The molecule has 2 heterocycles. The molecule has 1 unspecified atom stereocenters. The molecule has 0 aromatic carbocycles. The highest BCUT2D eigenvalue weighted by Crippen LogP contribution is 2.23. The molecule has 0 amide bonds. The molecule has 2 rings (SSSR count). The average molecular weight is 275 g/mol. The van der Waals surface area contributed by atoms with E-state index < -0.39 is 0 Å². The van der Waals surface area contributed by atoms with Gasteiger partial charge in [0, 0.05) is 35.5 Å². The topological polar surface area (TPSA) is 58.5 Å². The fraction of sp³-hybridized carbons (Fsp3) is 0.600. The van der Waals surface area contributed by atoms with Crippen LogP contribution in [0.1, 0.15) is 44.5 Å². The summed E-state index contributed by atoms with van der Waals surface area (Å²) >= 11 is 0. The highest BCUT2D eigenvalue weighted by Gasteiger charge is 2.20. The van der Waals surface area contributed by atoms with Crippen molar-refractivity contribution in [3.8, 4) is 0 Å². The van der Waals surface area contributed by atoms with E-state index in [0.717, 1.165) is 13.1 Å². The number of aromatic nitrogens is 4. The third-order valence-corrected chi connectivity index (χ3v) is 3.33. The Bertz CT molecular complexity index is 547. The molecule has 0 aliphatic carbocycles. The van der Waals surface area contributed by atoms with Gasteiger partial charge < -0.3 is 5.32 Å². The van der Waals surface area contributed by atoms with Crippen LogP contribution in [-0.4, -0.2) is 26.0 Å². The fourth-order valence-electron chi connectivity index (χ4n) is 2.29. The van der Waals surface area contributed by atoms with Crippen LogP contribution >= 0.6 is 0 Å². The number of hydrogen-bond acceptors (Lipinski definition) is 3. The zero-order chi connectivity index (χ0) is 14.8. The molecule has 0 fully saturated rings. The van der Waals surface area contributed by atoms with Crippen molar-refractivity contribution in [3.05, 3.63) is 35.4 Å². The van der Waals surface area contributed by atoms with E-state index in [1.165, 1.54) is 16.8 Å². The monoisotopic (exact) mass is 275 g/mol. The van der Waals surface area contributed by atoms with Crippen LogP contribution in [0.4, 0.5) is 0 Å². The molecule has 0 bridgehead atoms. The van der Waals surface area contributed by atoms with Crippen molar-refractivity contribution < 1.29 is 0 Å². The Labute approximate surface area is 120 Å². The molecule has 0 aliphatic heterocycles. The zero-order valence-electron chi connectivity index (χ0n) is 13.1. The summed E-state index contributed by atoms with van der Waals surface area (Å²) in [5, 5.41) is 15.1. The van der Waals surface area contributed by atoms with E-state index in [-0.39, 0.29) is 5.41 Å². The van der Waals surface area contributed by atoms with Crippen LogP contribution in [0.5, 0.6) is 0 Å². The lowest BCUT2D eigenvalue weighted by Crippen LogP contribution is -2.31. The molecule has 0 aliphatic rings. The van der Waals surface area contributed by atoms with Crippen molar-refractivity contribution in [3.63, 3.8) is 0 Å². The predicted octanol–water partition coefficient (Wildman–Crippen LogP) is 2.39. The Morgan fingerprint density at radius 3 is 2.70 bits per heavy atom. The summed E-state index contributed by atoms with van der Waals surface area (Å²) < 4.78 is 1.98. The van der Waals surface area contributed by atoms with Gasteiger partial charge in [-0.25, -0.2) is 0 Å². The number of aryl methyl sites for hydroxylation is 1. The van der Waals surface area contributed by atoms with E-state index in [2.05, 4.69) is 61.4 Å². The first-order chi connectivity index (χ1) is 9.36. The molecule has 5 heteroatoms. The van der Waals surface area contributed by atoms with E-state index in [4.69, 9.17) is 0 Å². The highest BCUT2D eigenvalue weighted by molar-refractivity contribution is 5.23. The van der Waals surface area contributed by atoms with Gasteiger partial charge in [0.05, 0.1) is 18.9 Å². The lowest BCUT2D eigenvalue weighted by atomic mass is 9.89. The van der Waals surface area contributed by atoms with E-state index in [1.54, 1.807) is 0 Å². The number of H-pyrrole nitrogens is 1. The quantitative estimate of drug-likeness (QED) is 0.881. The predicted molar refractivity (Wildman–Crippen MR) is 80.6 cm³/mol. The summed E-state index contributed by atoms with van der Waals surface area (Å²) in [6.07, 6.45) is 5.87. The maximum Gasteiger partial charge on any atom is 0.0560 e. The Hall–Kier alpha value is -1.62. The number of nitrogens with one attached hydrogen (secondary N) is 2. The minimum atomic E-state index is 0.0931. The minimum absolute atomic E-state index is 0.0931. The Kier molecular flexibility index (Phi) is 4.28. The second-order valence-electron chi connectivity index (χ2n) is 6.54. The molecule has 20 heavy (non-hydrogen) atoms. The lowest BCUT2D eigenvalue weighted by Gasteiger charge is -2.20. The van der Waals surface area contributed by atoms with Crippen LogP contribution in [0.2, 0.25) is 0 Å². The largest absolute Gasteiger partial charge is 0.308 e. The van der Waals surface area contributed by atoms with Crippen molar-refractivity contribution in [1.29, 1.82) is 0 Å². The van der Waals surface area contributed by atoms with Gasteiger partial charge in [0.1, 0.15) is 0 Å². The SMILES string of the molecule is Cc1cnn(CC(C)NCc2cn[nH]c2C(C)(C)C)c1. The van der Waals surface area contributed by atoms with Gasteiger partial charge >= 0.3 is 0 Å². The first-order valence-electron chi connectivity index (χ1n) is 7.11. The molecule has 0 saturated carbocycles. The van der Waals surface area contributed by atoms with Gasteiger partial charge in [0.15, 0.2) is 0 Å². The molecule has 0 radical (unpaired) electrons. The number of aromatic amines is 1. The first kappa shape index (κ1) is 14.8. The van der Waals surface area contributed by atoms with Gasteiger partial charge in [-0.1, -0.05) is 20.8 Å². The molecule has 5 nitrogen and oxygen atoms in total. The molecule has 2 aromatic rings. The molecule has 2 aromatic heterocycles. The normalized spacial score (nSPS) is 13.7. The van der Waals surface area contributed by atoms with Gasteiger partial charge in [-0.3, -0.25) is 9.78 Å². The standard InChI is InChI=1S/C15H25N5/c1-11-6-18-20(9-11)10-12(2)16-7-13-8-17-19-14(13)15(3,4)5/h6,8-9,12,16H,7,10H2,1-5H3,(H,17,19). The number of nitrogens with zero attached hydrogens (tertiary/aromatic N) is 3. The summed E-state index contributed by atoms with van der Waals surface area (Å²) in [5.41, 5.74) is 3.73. The highest BCUT2D eigenvalue weighted by atomic mass is 15.3. The van der Waals surface area contributed by atoms with Crippen molar-refractivity contribution in [2.24, 2.45) is 0 Å². The van der Waals surface area contributed by atoms with E-state index >= 15 is 0 Å². The second kappa shape index (κ2) is 5.79. The van der Waals surface area contributed by atoms with Gasteiger partial charge in [0.2, 0.25) is 0 Å². The lowest BCUT2D eigenvalue weighted by molar-refractivity contribution is 0.447. The van der Waals surface area contributed by atoms with Gasteiger partial charge in [0.25, 0.3) is 0 Å². The third kappa shape index (κ3) is 3.70. The summed E-state index contributed by atoms with van der Waals surface area (Å²) in [7, 11) is 0. The number of hydrogen-bond donors (Lipinski definition) is 2. The van der Waals surface area contributed by atoms with Crippen molar-refractivity contribution in [2.45, 2.75) is 59.2 Å². The number of rotatable bonds is 5. The van der Waals surface area contributed by atoms with Crippen LogP contribution in [0.3, 0.4) is 0 Å². The van der Waals surface area contributed by atoms with E-state index in [0.29, 0.717) is 6.04 Å². The Morgan fingerprint density at radius 1 is 1.35 bits per heavy atom.